The van der Waals surface area contributed by atoms with Gasteiger partial charge >= 0.3 is 8.60 Å². The van der Waals surface area contributed by atoms with Crippen LogP contribution >= 0.6 is 8.60 Å². The second-order valence-electron chi connectivity index (χ2n) is 5.11. The summed E-state index contributed by atoms with van der Waals surface area (Å²) in [4.78, 5) is 28.5. The maximum absolute atomic E-state index is 10.5. The summed E-state index contributed by atoms with van der Waals surface area (Å²) in [5, 5.41) is 10.1. The van der Waals surface area contributed by atoms with E-state index in [1.165, 1.54) is 6.92 Å². The van der Waals surface area contributed by atoms with Gasteiger partial charge in [-0.1, -0.05) is 18.2 Å². The summed E-state index contributed by atoms with van der Waals surface area (Å²) in [6, 6.07) is 9.37. The van der Waals surface area contributed by atoms with Crippen molar-refractivity contribution >= 4 is 26.2 Å². The number of hydrogen-bond acceptors (Lipinski definition) is 5. The molecule has 0 fully saturated rings. The number of amides is 1. The minimum Gasteiger partial charge on any atom is -0.481 e. The van der Waals surface area contributed by atoms with Crippen molar-refractivity contribution in [2.24, 2.45) is 0 Å². The highest BCUT2D eigenvalue weighted by molar-refractivity contribution is 7.40. The monoisotopic (exact) mass is 361 g/mol. The molecular formula is C16H28NO6P. The van der Waals surface area contributed by atoms with Gasteiger partial charge in [0.2, 0.25) is 5.91 Å². The number of benzene rings is 1. The van der Waals surface area contributed by atoms with Crippen LogP contribution in [0.1, 0.15) is 41.5 Å². The van der Waals surface area contributed by atoms with Gasteiger partial charge in [0.25, 0.3) is 5.97 Å². The molecule has 1 aromatic rings. The Labute approximate surface area is 145 Å². The third-order valence-electron chi connectivity index (χ3n) is 1.70. The van der Waals surface area contributed by atoms with Crippen LogP contribution in [-0.2, 0) is 18.6 Å². The maximum Gasteiger partial charge on any atom is 0.330 e. The molecule has 0 aliphatic heterocycles. The highest BCUT2D eigenvalue weighted by Crippen LogP contribution is 2.35. The Morgan fingerprint density at radius 2 is 1.38 bits per heavy atom. The van der Waals surface area contributed by atoms with Crippen molar-refractivity contribution in [2.75, 3.05) is 5.32 Å². The molecule has 138 valence electrons. The lowest BCUT2D eigenvalue weighted by molar-refractivity contribution is -0.134. The molecule has 3 N–H and O–H groups in total. The third kappa shape index (κ3) is 22.7. The number of hydrogen-bond donors (Lipinski definition) is 3. The molecule has 1 amide bonds. The number of anilines is 1. The second-order valence-corrected chi connectivity index (χ2v) is 6.01. The van der Waals surface area contributed by atoms with Crippen LogP contribution in [0, 0.1) is 0 Å². The van der Waals surface area contributed by atoms with E-state index in [1.807, 2.05) is 58.0 Å². The van der Waals surface area contributed by atoms with Crippen LogP contribution in [-0.4, -0.2) is 34.1 Å². The molecule has 0 radical (unpaired) electrons. The SMILES string of the molecule is CC(=O)Nc1ccccc1.CC(=O)O.CC(C)OP(O)OC(C)C. The molecule has 24 heavy (non-hydrogen) atoms. The molecule has 0 spiro atoms. The van der Waals surface area contributed by atoms with E-state index in [1.54, 1.807) is 0 Å². The molecule has 0 unspecified atom stereocenters. The smallest absolute Gasteiger partial charge is 0.330 e. The molecule has 0 atom stereocenters. The lowest BCUT2D eigenvalue weighted by atomic mass is 10.3. The van der Waals surface area contributed by atoms with Gasteiger partial charge in [0.15, 0.2) is 0 Å². The standard InChI is InChI=1S/C8H9NO.C6H15O3P.C2H4O2/c1-7(10)9-8-5-3-2-4-6-8;1-5(2)8-10(7)9-6(3)4;1-2(3)4/h2-6H,1H3,(H,9,10);5-7H,1-4H3;1H3,(H,3,4). The van der Waals surface area contributed by atoms with E-state index in [0.717, 1.165) is 12.6 Å². The van der Waals surface area contributed by atoms with Crippen molar-refractivity contribution in [3.05, 3.63) is 30.3 Å². The van der Waals surface area contributed by atoms with Crippen LogP contribution in [0.25, 0.3) is 0 Å². The molecule has 1 aromatic carbocycles. The fourth-order valence-corrected chi connectivity index (χ4v) is 1.88. The van der Waals surface area contributed by atoms with Crippen molar-refractivity contribution < 1.29 is 28.6 Å². The number of rotatable bonds is 5. The molecule has 0 aromatic heterocycles. The van der Waals surface area contributed by atoms with E-state index in [2.05, 4.69) is 5.32 Å². The van der Waals surface area contributed by atoms with E-state index < -0.39 is 14.6 Å². The summed E-state index contributed by atoms with van der Waals surface area (Å²) < 4.78 is 9.92. The highest BCUT2D eigenvalue weighted by Gasteiger charge is 2.10. The molecule has 1 rings (SSSR count). The summed E-state index contributed by atoms with van der Waals surface area (Å²) in [5.74, 6) is -0.869. The number of carboxylic acid groups (broad SMARTS) is 1. The van der Waals surface area contributed by atoms with Crippen molar-refractivity contribution in [1.82, 2.24) is 0 Å². The van der Waals surface area contributed by atoms with Crippen LogP contribution in [0.3, 0.4) is 0 Å². The highest BCUT2D eigenvalue weighted by atomic mass is 31.2. The van der Waals surface area contributed by atoms with Gasteiger partial charge in [0.1, 0.15) is 0 Å². The fourth-order valence-electron chi connectivity index (χ4n) is 1.11. The number of aliphatic carboxylic acids is 1. The quantitative estimate of drug-likeness (QED) is 0.689. The minimum absolute atomic E-state index is 0.0230. The van der Waals surface area contributed by atoms with Gasteiger partial charge in [-0.3, -0.25) is 9.59 Å². The van der Waals surface area contributed by atoms with Gasteiger partial charge in [-0.25, -0.2) is 0 Å². The first-order chi connectivity index (χ1) is 11.0. The molecular weight excluding hydrogens is 333 g/mol. The summed E-state index contributed by atoms with van der Waals surface area (Å²) in [6.07, 6.45) is 0.0460. The van der Waals surface area contributed by atoms with Gasteiger partial charge in [-0.05, 0) is 39.8 Å². The topological polar surface area (TPSA) is 105 Å². The second kappa shape index (κ2) is 15.0. The first-order valence-corrected chi connectivity index (χ1v) is 8.52. The van der Waals surface area contributed by atoms with Crippen LogP contribution in [0.4, 0.5) is 5.69 Å². The summed E-state index contributed by atoms with van der Waals surface area (Å²) in [6.45, 7) is 10.0. The molecule has 7 nitrogen and oxygen atoms in total. The molecule has 0 saturated heterocycles. The van der Waals surface area contributed by atoms with Crippen LogP contribution in [0.15, 0.2) is 30.3 Å². The number of nitrogens with one attached hydrogen (secondary N) is 1. The Hall–Kier alpha value is -1.53. The number of carbonyl (C=O) groups is 2. The van der Waals surface area contributed by atoms with Crippen LogP contribution < -0.4 is 5.32 Å². The molecule has 8 heteroatoms. The third-order valence-corrected chi connectivity index (χ3v) is 2.90. The summed E-state index contributed by atoms with van der Waals surface area (Å²) >= 11 is 0. The first-order valence-electron chi connectivity index (χ1n) is 7.39. The average molecular weight is 361 g/mol. The van der Waals surface area contributed by atoms with Crippen molar-refractivity contribution in [2.45, 2.75) is 53.8 Å². The average Bonchev–Trinajstić information content (AvgIpc) is 2.36. The van der Waals surface area contributed by atoms with E-state index in [9.17, 15) is 4.79 Å². The van der Waals surface area contributed by atoms with Gasteiger partial charge in [0.05, 0.1) is 12.2 Å². The zero-order valence-corrected chi connectivity index (χ0v) is 15.9. The van der Waals surface area contributed by atoms with Crippen molar-refractivity contribution in [1.29, 1.82) is 0 Å². The fraction of sp³-hybridized carbons (Fsp3) is 0.500. The lowest BCUT2D eigenvalue weighted by Crippen LogP contribution is -2.04. The summed E-state index contributed by atoms with van der Waals surface area (Å²) in [7, 11) is -1.66. The molecule has 0 aliphatic rings. The predicted octanol–water partition coefficient (Wildman–Crippen LogP) is 3.79. The normalized spacial score (nSPS) is 9.75. The van der Waals surface area contributed by atoms with Gasteiger partial charge in [0, 0.05) is 19.5 Å². The number of para-hydroxylation sites is 1. The Morgan fingerprint density at radius 1 is 1.00 bits per heavy atom. The lowest BCUT2D eigenvalue weighted by Gasteiger charge is -2.14. The molecule has 0 bridgehead atoms. The molecule has 0 aliphatic carbocycles. The van der Waals surface area contributed by atoms with Crippen molar-refractivity contribution in [3.63, 3.8) is 0 Å². The van der Waals surface area contributed by atoms with Crippen molar-refractivity contribution in [3.8, 4) is 0 Å². The number of carbonyl (C=O) groups excluding carboxylic acids is 1. The summed E-state index contributed by atoms with van der Waals surface area (Å²) in [5.41, 5.74) is 0.843. The maximum atomic E-state index is 10.5. The molecule has 0 heterocycles. The van der Waals surface area contributed by atoms with Crippen LogP contribution in [0.2, 0.25) is 0 Å². The zero-order valence-electron chi connectivity index (χ0n) is 15.0. The Kier molecular flexibility index (Phi) is 15.5. The zero-order chi connectivity index (χ0) is 19.1. The van der Waals surface area contributed by atoms with E-state index in [4.69, 9.17) is 23.8 Å². The van der Waals surface area contributed by atoms with E-state index in [0.29, 0.717) is 0 Å². The predicted molar refractivity (Wildman–Crippen MR) is 95.6 cm³/mol. The Morgan fingerprint density at radius 3 is 1.67 bits per heavy atom. The Bertz CT molecular complexity index is 439. The van der Waals surface area contributed by atoms with Gasteiger partial charge < -0.3 is 24.4 Å². The molecule has 0 saturated carbocycles. The van der Waals surface area contributed by atoms with Crippen LogP contribution in [0.5, 0.6) is 0 Å². The minimum atomic E-state index is -1.66. The van der Waals surface area contributed by atoms with E-state index >= 15 is 0 Å². The Balaban J connectivity index is 0. The van der Waals surface area contributed by atoms with Gasteiger partial charge in [-0.2, -0.15) is 0 Å². The largest absolute Gasteiger partial charge is 0.481 e. The first kappa shape index (κ1) is 24.7. The van der Waals surface area contributed by atoms with Gasteiger partial charge in [-0.15, -0.1) is 0 Å². The van der Waals surface area contributed by atoms with E-state index in [-0.39, 0.29) is 18.1 Å². The number of carboxylic acids is 1.